The highest BCUT2D eigenvalue weighted by Gasteiger charge is 2.30. The van der Waals surface area contributed by atoms with Crippen LogP contribution in [-0.2, 0) is 20.9 Å². The highest BCUT2D eigenvalue weighted by Crippen LogP contribution is 2.31. The molecule has 2 heterocycles. The van der Waals surface area contributed by atoms with E-state index in [1.165, 1.54) is 11.1 Å². The lowest BCUT2D eigenvalue weighted by molar-refractivity contribution is -0.145. The lowest BCUT2D eigenvalue weighted by Crippen LogP contribution is -2.48. The van der Waals surface area contributed by atoms with E-state index >= 15 is 0 Å². The summed E-state index contributed by atoms with van der Waals surface area (Å²) in [6.07, 6.45) is 2.53. The number of unbranched alkanes of at least 4 members (excludes halogenated alkanes) is 1. The second kappa shape index (κ2) is 15.1. The molecule has 1 amide bonds. The van der Waals surface area contributed by atoms with E-state index in [1.54, 1.807) is 0 Å². The fourth-order valence-corrected chi connectivity index (χ4v) is 5.02. The fourth-order valence-electron chi connectivity index (χ4n) is 5.02. The average Bonchev–Trinajstić information content (AvgIpc) is 3.45. The summed E-state index contributed by atoms with van der Waals surface area (Å²) in [7, 11) is 0. The van der Waals surface area contributed by atoms with Gasteiger partial charge in [-0.3, -0.25) is 19.4 Å². The van der Waals surface area contributed by atoms with Crippen LogP contribution in [-0.4, -0.2) is 47.9 Å². The molecule has 2 N–H and O–H groups in total. The third-order valence-electron chi connectivity index (χ3n) is 7.05. The number of ether oxygens (including phenoxy) is 1. The van der Waals surface area contributed by atoms with E-state index in [1.807, 2.05) is 12.1 Å². The molecule has 0 spiro atoms. The number of hydrogen-bond donors (Lipinski definition) is 1. The first-order valence-electron chi connectivity index (χ1n) is 14.1. The van der Waals surface area contributed by atoms with Crippen LogP contribution in [0, 0.1) is 11.8 Å². The largest absolute Gasteiger partial charge is 0.460 e. The monoisotopic (exact) mass is 541 g/mol. The van der Waals surface area contributed by atoms with Gasteiger partial charge in [-0.15, -0.1) is 5.92 Å². The number of benzene rings is 2. The normalized spacial score (nSPS) is 14.8. The Hall–Kier alpha value is -3.86. The predicted octanol–water partition coefficient (Wildman–Crippen LogP) is 5.23. The van der Waals surface area contributed by atoms with Gasteiger partial charge < -0.3 is 14.9 Å². The smallest absolute Gasteiger partial charge is 0.306 e. The highest BCUT2D eigenvalue weighted by molar-refractivity contribution is 5.75. The molecule has 7 heteroatoms. The first kappa shape index (κ1) is 29.1. The Kier molecular flexibility index (Phi) is 11.0. The van der Waals surface area contributed by atoms with Gasteiger partial charge in [0, 0.05) is 45.4 Å². The van der Waals surface area contributed by atoms with Crippen LogP contribution in [0.2, 0.25) is 0 Å². The van der Waals surface area contributed by atoms with Gasteiger partial charge in [-0.2, -0.15) is 0 Å². The summed E-state index contributed by atoms with van der Waals surface area (Å²) in [6.45, 7) is 5.68. The molecule has 1 aliphatic rings. The summed E-state index contributed by atoms with van der Waals surface area (Å²) >= 11 is 0. The van der Waals surface area contributed by atoms with Crippen molar-refractivity contribution < 1.29 is 18.7 Å². The van der Waals surface area contributed by atoms with Gasteiger partial charge in [0.1, 0.15) is 24.2 Å². The molecule has 1 saturated heterocycles. The zero-order valence-electron chi connectivity index (χ0n) is 23.3. The molecule has 1 aromatic heterocycles. The third-order valence-corrected chi connectivity index (χ3v) is 7.05. The van der Waals surface area contributed by atoms with Crippen molar-refractivity contribution in [3.8, 4) is 11.8 Å². The zero-order valence-corrected chi connectivity index (χ0v) is 23.3. The van der Waals surface area contributed by atoms with Crippen LogP contribution in [0.5, 0.6) is 0 Å². The average molecular weight is 542 g/mol. The fraction of sp³-hybridized carbons (Fsp3) is 0.394. The third kappa shape index (κ3) is 8.32. The van der Waals surface area contributed by atoms with Gasteiger partial charge in [0.25, 0.3) is 0 Å². The number of furan rings is 1. The SMILES string of the molecule is CCCC#CC(c1ccc(COC(=O)CCCC(N)=O)o1)N1CCN(C(c2ccccc2)c2ccccc2)CC1. The Morgan fingerprint density at radius 1 is 0.900 bits per heavy atom. The molecule has 2 aromatic carbocycles. The molecule has 40 heavy (non-hydrogen) atoms. The predicted molar refractivity (Wildman–Crippen MR) is 155 cm³/mol. The summed E-state index contributed by atoms with van der Waals surface area (Å²) in [5.41, 5.74) is 7.72. The van der Waals surface area contributed by atoms with Crippen LogP contribution in [0.4, 0.5) is 0 Å². The van der Waals surface area contributed by atoms with E-state index in [0.717, 1.165) is 44.8 Å². The number of carbonyl (C=O) groups excluding carboxylic acids is 2. The van der Waals surface area contributed by atoms with E-state index in [2.05, 4.69) is 89.2 Å². The number of primary amides is 1. The molecule has 1 unspecified atom stereocenters. The topological polar surface area (TPSA) is 89.0 Å². The molecule has 1 atom stereocenters. The van der Waals surface area contributed by atoms with Crippen molar-refractivity contribution >= 4 is 11.9 Å². The molecule has 4 rings (SSSR count). The molecular formula is C33H39N3O4. The minimum Gasteiger partial charge on any atom is -0.460 e. The Bertz CT molecular complexity index is 1230. The lowest BCUT2D eigenvalue weighted by atomic mass is 9.96. The van der Waals surface area contributed by atoms with Gasteiger partial charge in [-0.25, -0.2) is 0 Å². The van der Waals surface area contributed by atoms with Gasteiger partial charge in [-0.1, -0.05) is 73.5 Å². The molecule has 210 valence electrons. The van der Waals surface area contributed by atoms with E-state index in [9.17, 15) is 9.59 Å². The molecular weight excluding hydrogens is 502 g/mol. The summed E-state index contributed by atoms with van der Waals surface area (Å²) in [5, 5.41) is 0. The zero-order chi connectivity index (χ0) is 28.2. The van der Waals surface area contributed by atoms with Crippen LogP contribution >= 0.6 is 0 Å². The van der Waals surface area contributed by atoms with Crippen LogP contribution in [0.25, 0.3) is 0 Å². The van der Waals surface area contributed by atoms with Gasteiger partial charge in [0.2, 0.25) is 5.91 Å². The number of carbonyl (C=O) groups is 2. The summed E-state index contributed by atoms with van der Waals surface area (Å²) < 4.78 is 11.5. The maximum atomic E-state index is 12.0. The van der Waals surface area contributed by atoms with Crippen LogP contribution in [0.15, 0.2) is 77.2 Å². The quantitative estimate of drug-likeness (QED) is 0.250. The number of hydrogen-bond acceptors (Lipinski definition) is 6. The minimum absolute atomic E-state index is 0.0497. The van der Waals surface area contributed by atoms with Crippen molar-refractivity contribution in [2.24, 2.45) is 5.73 Å². The van der Waals surface area contributed by atoms with Crippen molar-refractivity contribution in [2.75, 3.05) is 26.2 Å². The molecule has 0 saturated carbocycles. The lowest BCUT2D eigenvalue weighted by Gasteiger charge is -2.41. The van der Waals surface area contributed by atoms with Crippen molar-refractivity contribution in [1.29, 1.82) is 0 Å². The van der Waals surface area contributed by atoms with Crippen LogP contribution in [0.1, 0.15) is 73.8 Å². The summed E-state index contributed by atoms with van der Waals surface area (Å²) in [5.74, 6) is 7.31. The van der Waals surface area contributed by atoms with Gasteiger partial charge in [0.15, 0.2) is 0 Å². The minimum atomic E-state index is -0.421. The maximum absolute atomic E-state index is 12.0. The molecule has 1 fully saturated rings. The van der Waals surface area contributed by atoms with Crippen molar-refractivity contribution in [2.45, 2.75) is 57.7 Å². The molecule has 7 nitrogen and oxygen atoms in total. The van der Waals surface area contributed by atoms with E-state index in [0.29, 0.717) is 12.2 Å². The number of rotatable bonds is 12. The Morgan fingerprint density at radius 3 is 2.12 bits per heavy atom. The van der Waals surface area contributed by atoms with Crippen molar-refractivity contribution in [3.05, 3.63) is 95.4 Å². The van der Waals surface area contributed by atoms with Crippen molar-refractivity contribution in [3.63, 3.8) is 0 Å². The van der Waals surface area contributed by atoms with E-state index < -0.39 is 5.91 Å². The number of nitrogens with two attached hydrogens (primary N) is 1. The number of nitrogens with zero attached hydrogens (tertiary/aromatic N) is 2. The number of esters is 1. The van der Waals surface area contributed by atoms with E-state index in [4.69, 9.17) is 14.9 Å². The molecule has 0 bridgehead atoms. The van der Waals surface area contributed by atoms with Crippen molar-refractivity contribution in [1.82, 2.24) is 9.80 Å². The number of piperazine rings is 1. The van der Waals surface area contributed by atoms with Gasteiger partial charge in [0.05, 0.1) is 6.04 Å². The van der Waals surface area contributed by atoms with E-state index in [-0.39, 0.29) is 37.5 Å². The molecule has 0 aliphatic carbocycles. The first-order chi connectivity index (χ1) is 19.5. The Balaban J connectivity index is 1.42. The second-order valence-corrected chi connectivity index (χ2v) is 10.1. The maximum Gasteiger partial charge on any atom is 0.306 e. The second-order valence-electron chi connectivity index (χ2n) is 10.1. The highest BCUT2D eigenvalue weighted by atomic mass is 16.5. The van der Waals surface area contributed by atoms with Gasteiger partial charge >= 0.3 is 5.97 Å². The first-order valence-corrected chi connectivity index (χ1v) is 14.1. The number of amides is 1. The summed E-state index contributed by atoms with van der Waals surface area (Å²) in [6, 6.07) is 25.2. The molecule has 1 aliphatic heterocycles. The molecule has 0 radical (unpaired) electrons. The molecule has 3 aromatic rings. The summed E-state index contributed by atoms with van der Waals surface area (Å²) in [4.78, 5) is 27.8. The van der Waals surface area contributed by atoms with Crippen LogP contribution in [0.3, 0.4) is 0 Å². The Morgan fingerprint density at radius 2 is 1.52 bits per heavy atom. The standard InChI is InChI=1S/C33H39N3O4/c1-2-3-6-16-29(30-20-19-28(40-30)25-39-32(38)18-11-17-31(34)37)35-21-23-36(24-22-35)33(26-12-7-4-8-13-26)27-14-9-5-10-15-27/h4-5,7-10,12-15,19-20,29,33H,2-3,11,17-18,21-25H2,1H3,(H2,34,37). The van der Waals surface area contributed by atoms with Gasteiger partial charge in [-0.05, 0) is 36.1 Å². The Labute approximate surface area is 237 Å². The van der Waals surface area contributed by atoms with Crippen LogP contribution < -0.4 is 5.73 Å².